The van der Waals surface area contributed by atoms with Crippen LogP contribution in [-0.4, -0.2) is 22.9 Å². The van der Waals surface area contributed by atoms with Gasteiger partial charge in [-0.2, -0.15) is 0 Å². The summed E-state index contributed by atoms with van der Waals surface area (Å²) in [5.41, 5.74) is 1.06. The molecule has 0 aliphatic rings. The molecule has 0 aromatic heterocycles. The standard InChI is InChI=1S/C16H19BrO4/c1-11(2)14(18)20-10-13(12-8-6-5-7-9-12)21-15(19)16(3,4)17/h5-9,13H,1,10H2,2-4H3. The van der Waals surface area contributed by atoms with Crippen LogP contribution in [0.1, 0.15) is 32.4 Å². The van der Waals surface area contributed by atoms with E-state index in [4.69, 9.17) is 9.47 Å². The summed E-state index contributed by atoms with van der Waals surface area (Å²) in [4.78, 5) is 23.5. The van der Waals surface area contributed by atoms with Crippen molar-refractivity contribution in [1.29, 1.82) is 0 Å². The zero-order chi connectivity index (χ0) is 16.0. The summed E-state index contributed by atoms with van der Waals surface area (Å²) in [6, 6.07) is 9.14. The minimum atomic E-state index is -0.807. The van der Waals surface area contributed by atoms with E-state index in [0.29, 0.717) is 5.57 Å². The molecule has 0 bridgehead atoms. The summed E-state index contributed by atoms with van der Waals surface area (Å²) in [6.45, 7) is 8.41. The Balaban J connectivity index is 2.83. The van der Waals surface area contributed by atoms with Crippen molar-refractivity contribution >= 4 is 27.9 Å². The first-order valence-electron chi connectivity index (χ1n) is 6.49. The summed E-state index contributed by atoms with van der Waals surface area (Å²) in [5, 5.41) is 0. The van der Waals surface area contributed by atoms with Crippen LogP contribution in [0.3, 0.4) is 0 Å². The summed E-state index contributed by atoms with van der Waals surface area (Å²) in [7, 11) is 0. The largest absolute Gasteiger partial charge is 0.458 e. The number of halogens is 1. The second-order valence-corrected chi connectivity index (χ2v) is 7.14. The van der Waals surface area contributed by atoms with Crippen molar-refractivity contribution in [2.75, 3.05) is 6.61 Å². The van der Waals surface area contributed by atoms with Crippen LogP contribution in [0.25, 0.3) is 0 Å². The zero-order valence-electron chi connectivity index (χ0n) is 12.4. The number of carbonyl (C=O) groups is 2. The van der Waals surface area contributed by atoms with E-state index in [1.807, 2.05) is 30.3 Å². The highest BCUT2D eigenvalue weighted by Gasteiger charge is 2.29. The number of rotatable bonds is 6. The van der Waals surface area contributed by atoms with Gasteiger partial charge in [-0.15, -0.1) is 0 Å². The number of hydrogen-bond donors (Lipinski definition) is 0. The molecule has 0 aliphatic carbocycles. The molecule has 0 saturated carbocycles. The van der Waals surface area contributed by atoms with Crippen molar-refractivity contribution in [2.45, 2.75) is 31.2 Å². The Hall–Kier alpha value is -1.62. The Bertz CT molecular complexity index is 517. The minimum Gasteiger partial charge on any atom is -0.458 e. The molecule has 1 rings (SSSR count). The lowest BCUT2D eigenvalue weighted by molar-refractivity contribution is -0.159. The highest BCUT2D eigenvalue weighted by Crippen LogP contribution is 2.24. The van der Waals surface area contributed by atoms with Gasteiger partial charge in [-0.1, -0.05) is 52.8 Å². The topological polar surface area (TPSA) is 52.6 Å². The van der Waals surface area contributed by atoms with Gasteiger partial charge < -0.3 is 9.47 Å². The van der Waals surface area contributed by atoms with Crippen molar-refractivity contribution in [3.05, 3.63) is 48.0 Å². The number of esters is 2. The lowest BCUT2D eigenvalue weighted by atomic mass is 10.1. The highest BCUT2D eigenvalue weighted by molar-refractivity contribution is 9.10. The van der Waals surface area contributed by atoms with Crippen molar-refractivity contribution in [2.24, 2.45) is 0 Å². The molecule has 0 N–H and O–H groups in total. The smallest absolute Gasteiger partial charge is 0.333 e. The van der Waals surface area contributed by atoms with Crippen LogP contribution in [-0.2, 0) is 19.1 Å². The normalized spacial score (nSPS) is 12.4. The van der Waals surface area contributed by atoms with E-state index in [2.05, 4.69) is 22.5 Å². The van der Waals surface area contributed by atoms with Crippen LogP contribution in [0.15, 0.2) is 42.5 Å². The van der Waals surface area contributed by atoms with Crippen molar-refractivity contribution in [3.63, 3.8) is 0 Å². The minimum absolute atomic E-state index is 0.0511. The average Bonchev–Trinajstić information content (AvgIpc) is 2.42. The van der Waals surface area contributed by atoms with E-state index in [9.17, 15) is 9.59 Å². The quantitative estimate of drug-likeness (QED) is 0.445. The average molecular weight is 355 g/mol. The van der Waals surface area contributed by atoms with Gasteiger partial charge in [0.15, 0.2) is 6.10 Å². The fourth-order valence-electron chi connectivity index (χ4n) is 1.41. The van der Waals surface area contributed by atoms with Gasteiger partial charge >= 0.3 is 11.9 Å². The predicted octanol–water partition coefficient (Wildman–Crippen LogP) is 3.56. The van der Waals surface area contributed by atoms with Crippen molar-refractivity contribution in [3.8, 4) is 0 Å². The van der Waals surface area contributed by atoms with E-state index >= 15 is 0 Å². The molecule has 0 radical (unpaired) electrons. The Morgan fingerprint density at radius 1 is 1.29 bits per heavy atom. The maximum Gasteiger partial charge on any atom is 0.333 e. The Morgan fingerprint density at radius 3 is 2.33 bits per heavy atom. The van der Waals surface area contributed by atoms with Crippen LogP contribution in [0.5, 0.6) is 0 Å². The lowest BCUT2D eigenvalue weighted by Crippen LogP contribution is -2.30. The van der Waals surface area contributed by atoms with Gasteiger partial charge in [0.25, 0.3) is 0 Å². The SMILES string of the molecule is C=C(C)C(=O)OCC(OC(=O)C(C)(C)Br)c1ccccc1. The van der Waals surface area contributed by atoms with Gasteiger partial charge in [-0.05, 0) is 26.3 Å². The second-order valence-electron chi connectivity index (χ2n) is 5.16. The molecule has 4 nitrogen and oxygen atoms in total. The fourth-order valence-corrected chi connectivity index (χ4v) is 1.50. The van der Waals surface area contributed by atoms with Gasteiger partial charge in [0.2, 0.25) is 0 Å². The molecular weight excluding hydrogens is 336 g/mol. The van der Waals surface area contributed by atoms with Crippen LogP contribution in [0.4, 0.5) is 0 Å². The van der Waals surface area contributed by atoms with E-state index in [1.54, 1.807) is 20.8 Å². The van der Waals surface area contributed by atoms with Crippen LogP contribution >= 0.6 is 15.9 Å². The van der Waals surface area contributed by atoms with Gasteiger partial charge in [0, 0.05) is 5.57 Å². The third kappa shape index (κ3) is 5.71. The molecule has 1 atom stereocenters. The second kappa shape index (κ2) is 7.41. The van der Waals surface area contributed by atoms with Gasteiger partial charge in [-0.25, -0.2) is 4.79 Å². The van der Waals surface area contributed by atoms with Crippen LogP contribution in [0.2, 0.25) is 0 Å². The van der Waals surface area contributed by atoms with Crippen LogP contribution in [0, 0.1) is 0 Å². The maximum atomic E-state index is 12.0. The number of alkyl halides is 1. The molecule has 5 heteroatoms. The van der Waals surface area contributed by atoms with E-state index in [1.165, 1.54) is 0 Å². The summed E-state index contributed by atoms with van der Waals surface area (Å²) in [5.74, 6) is -0.937. The first-order chi connectivity index (χ1) is 9.71. The zero-order valence-corrected chi connectivity index (χ0v) is 14.0. The van der Waals surface area contributed by atoms with Crippen molar-refractivity contribution < 1.29 is 19.1 Å². The Labute approximate surface area is 133 Å². The fraction of sp³-hybridized carbons (Fsp3) is 0.375. The molecule has 21 heavy (non-hydrogen) atoms. The summed E-state index contributed by atoms with van der Waals surface area (Å²) >= 11 is 3.25. The molecule has 1 aromatic carbocycles. The molecule has 0 aliphatic heterocycles. The molecule has 0 fully saturated rings. The number of carbonyl (C=O) groups excluding carboxylic acids is 2. The molecule has 114 valence electrons. The Morgan fingerprint density at radius 2 is 1.86 bits per heavy atom. The third-order valence-corrected chi connectivity index (χ3v) is 2.94. The number of benzene rings is 1. The van der Waals surface area contributed by atoms with Crippen molar-refractivity contribution in [1.82, 2.24) is 0 Å². The van der Waals surface area contributed by atoms with Gasteiger partial charge in [0.05, 0.1) is 0 Å². The van der Waals surface area contributed by atoms with E-state index in [-0.39, 0.29) is 6.61 Å². The van der Waals surface area contributed by atoms with Gasteiger partial charge in [0.1, 0.15) is 10.9 Å². The number of hydrogen-bond acceptors (Lipinski definition) is 4. The molecule has 0 amide bonds. The molecule has 1 aromatic rings. The summed E-state index contributed by atoms with van der Waals surface area (Å²) < 4.78 is 9.73. The Kier molecular flexibility index (Phi) is 6.15. The third-order valence-electron chi connectivity index (χ3n) is 2.62. The van der Waals surface area contributed by atoms with Gasteiger partial charge in [-0.3, -0.25) is 4.79 Å². The van der Waals surface area contributed by atoms with E-state index < -0.39 is 22.4 Å². The van der Waals surface area contributed by atoms with E-state index in [0.717, 1.165) is 5.56 Å². The number of ether oxygens (including phenoxy) is 2. The summed E-state index contributed by atoms with van der Waals surface area (Å²) in [6.07, 6.45) is -0.654. The molecular formula is C16H19BrO4. The molecule has 0 saturated heterocycles. The molecule has 0 spiro atoms. The first-order valence-corrected chi connectivity index (χ1v) is 7.28. The predicted molar refractivity (Wildman–Crippen MR) is 84.1 cm³/mol. The molecule has 0 heterocycles. The molecule has 1 unspecified atom stereocenters. The maximum absolute atomic E-state index is 12.0. The highest BCUT2D eigenvalue weighted by atomic mass is 79.9. The van der Waals surface area contributed by atoms with Crippen LogP contribution < -0.4 is 0 Å². The lowest BCUT2D eigenvalue weighted by Gasteiger charge is -2.22. The monoisotopic (exact) mass is 354 g/mol. The first kappa shape index (κ1) is 17.4.